The summed E-state index contributed by atoms with van der Waals surface area (Å²) in [7, 11) is 0. The lowest BCUT2D eigenvalue weighted by Crippen LogP contribution is -2.14. The zero-order valence-corrected chi connectivity index (χ0v) is 9.03. The molecule has 14 heavy (non-hydrogen) atoms. The Bertz CT molecular complexity index is 322. The molecule has 1 aromatic heterocycles. The van der Waals surface area contributed by atoms with E-state index in [0.717, 1.165) is 12.5 Å². The first-order valence-electron chi connectivity index (χ1n) is 5.36. The van der Waals surface area contributed by atoms with E-state index in [2.05, 4.69) is 29.6 Å². The van der Waals surface area contributed by atoms with Crippen LogP contribution in [0.25, 0.3) is 0 Å². The van der Waals surface area contributed by atoms with E-state index in [1.165, 1.54) is 19.3 Å². The van der Waals surface area contributed by atoms with Crippen molar-refractivity contribution in [2.45, 2.75) is 39.7 Å². The molecular weight excluding hydrogens is 172 g/mol. The predicted molar refractivity (Wildman–Crippen MR) is 57.9 cm³/mol. The highest BCUT2D eigenvalue weighted by Gasteiger charge is 2.16. The second-order valence-corrected chi connectivity index (χ2v) is 4.43. The molecule has 1 aliphatic carbocycles. The summed E-state index contributed by atoms with van der Waals surface area (Å²) in [5, 5.41) is 0. The van der Waals surface area contributed by atoms with Crippen LogP contribution in [0, 0.1) is 5.92 Å². The third-order valence-corrected chi connectivity index (χ3v) is 3.28. The zero-order valence-electron chi connectivity index (χ0n) is 9.03. The lowest BCUT2D eigenvalue weighted by atomic mass is 9.85. The molecule has 2 nitrogen and oxygen atoms in total. The molecule has 1 heterocycles. The normalized spacial score (nSPS) is 22.9. The Labute approximate surface area is 85.7 Å². The fourth-order valence-electron chi connectivity index (χ4n) is 2.19. The van der Waals surface area contributed by atoms with Crippen LogP contribution >= 0.6 is 0 Å². The third-order valence-electron chi connectivity index (χ3n) is 3.28. The number of nitrogens with zero attached hydrogens (tertiary/aromatic N) is 2. The SMILES string of the molecule is CC1=C(C)C[C@@H](Cn2ccnc2)CC1. The van der Waals surface area contributed by atoms with Crippen LogP contribution in [0.2, 0.25) is 0 Å². The van der Waals surface area contributed by atoms with Crippen LogP contribution in [-0.2, 0) is 6.54 Å². The van der Waals surface area contributed by atoms with Gasteiger partial charge in [-0.2, -0.15) is 0 Å². The quantitative estimate of drug-likeness (QED) is 0.655. The van der Waals surface area contributed by atoms with Crippen molar-refractivity contribution >= 4 is 0 Å². The van der Waals surface area contributed by atoms with Gasteiger partial charge in [0, 0.05) is 18.9 Å². The second kappa shape index (κ2) is 3.99. The van der Waals surface area contributed by atoms with Gasteiger partial charge in [-0.15, -0.1) is 0 Å². The Morgan fingerprint density at radius 3 is 2.93 bits per heavy atom. The van der Waals surface area contributed by atoms with Crippen LogP contribution in [-0.4, -0.2) is 9.55 Å². The van der Waals surface area contributed by atoms with Gasteiger partial charge < -0.3 is 4.57 Å². The highest BCUT2D eigenvalue weighted by atomic mass is 15.0. The first-order valence-corrected chi connectivity index (χ1v) is 5.36. The topological polar surface area (TPSA) is 17.8 Å². The summed E-state index contributed by atoms with van der Waals surface area (Å²) >= 11 is 0. The molecule has 1 aromatic rings. The van der Waals surface area contributed by atoms with Crippen LogP contribution < -0.4 is 0 Å². The van der Waals surface area contributed by atoms with Crippen LogP contribution in [0.1, 0.15) is 33.1 Å². The van der Waals surface area contributed by atoms with Crippen molar-refractivity contribution in [2.24, 2.45) is 5.92 Å². The Balaban J connectivity index is 1.96. The zero-order chi connectivity index (χ0) is 9.97. The lowest BCUT2D eigenvalue weighted by Gasteiger charge is -2.24. The summed E-state index contributed by atoms with van der Waals surface area (Å²) in [6, 6.07) is 0. The molecule has 2 rings (SSSR count). The fraction of sp³-hybridized carbons (Fsp3) is 0.583. The van der Waals surface area contributed by atoms with Gasteiger partial charge >= 0.3 is 0 Å². The smallest absolute Gasteiger partial charge is 0.0945 e. The predicted octanol–water partition coefficient (Wildman–Crippen LogP) is 3.02. The first kappa shape index (κ1) is 9.50. The minimum Gasteiger partial charge on any atom is -0.337 e. The van der Waals surface area contributed by atoms with Crippen LogP contribution in [0.15, 0.2) is 29.9 Å². The third kappa shape index (κ3) is 2.06. The molecule has 0 saturated heterocycles. The van der Waals surface area contributed by atoms with E-state index in [1.807, 2.05) is 12.5 Å². The number of allylic oxidation sites excluding steroid dienone is 2. The molecule has 0 unspecified atom stereocenters. The average Bonchev–Trinajstić information content (AvgIpc) is 2.64. The minimum absolute atomic E-state index is 0.813. The Hall–Kier alpha value is -1.05. The maximum absolute atomic E-state index is 4.07. The molecule has 0 bridgehead atoms. The molecule has 0 spiro atoms. The van der Waals surface area contributed by atoms with Crippen molar-refractivity contribution < 1.29 is 0 Å². The molecule has 0 amide bonds. The monoisotopic (exact) mass is 190 g/mol. The van der Waals surface area contributed by atoms with Gasteiger partial charge in [-0.05, 0) is 39.0 Å². The van der Waals surface area contributed by atoms with E-state index in [1.54, 1.807) is 11.1 Å². The molecule has 0 aromatic carbocycles. The molecule has 0 N–H and O–H groups in total. The molecule has 76 valence electrons. The van der Waals surface area contributed by atoms with E-state index < -0.39 is 0 Å². The summed E-state index contributed by atoms with van der Waals surface area (Å²) in [5.74, 6) is 0.813. The van der Waals surface area contributed by atoms with Crippen molar-refractivity contribution in [1.82, 2.24) is 9.55 Å². The minimum atomic E-state index is 0.813. The van der Waals surface area contributed by atoms with Crippen molar-refractivity contribution in [3.05, 3.63) is 29.9 Å². The van der Waals surface area contributed by atoms with Crippen LogP contribution in [0.4, 0.5) is 0 Å². The average molecular weight is 190 g/mol. The van der Waals surface area contributed by atoms with Crippen LogP contribution in [0.3, 0.4) is 0 Å². The molecule has 0 saturated carbocycles. The largest absolute Gasteiger partial charge is 0.337 e. The number of aromatic nitrogens is 2. The number of hydrogen-bond donors (Lipinski definition) is 0. The van der Waals surface area contributed by atoms with Crippen molar-refractivity contribution in [3.8, 4) is 0 Å². The number of imidazole rings is 1. The number of hydrogen-bond acceptors (Lipinski definition) is 1. The summed E-state index contributed by atoms with van der Waals surface area (Å²) in [5.41, 5.74) is 3.20. The highest BCUT2D eigenvalue weighted by molar-refractivity contribution is 5.13. The van der Waals surface area contributed by atoms with Crippen molar-refractivity contribution in [2.75, 3.05) is 0 Å². The first-order chi connectivity index (χ1) is 6.75. The molecule has 0 radical (unpaired) electrons. The lowest BCUT2D eigenvalue weighted by molar-refractivity contribution is 0.393. The highest BCUT2D eigenvalue weighted by Crippen LogP contribution is 2.29. The van der Waals surface area contributed by atoms with Gasteiger partial charge in [0.15, 0.2) is 0 Å². The van der Waals surface area contributed by atoms with Gasteiger partial charge in [-0.25, -0.2) is 4.98 Å². The summed E-state index contributed by atoms with van der Waals surface area (Å²) in [4.78, 5) is 4.07. The van der Waals surface area contributed by atoms with E-state index in [-0.39, 0.29) is 0 Å². The molecule has 0 fully saturated rings. The van der Waals surface area contributed by atoms with Crippen LogP contribution in [0.5, 0.6) is 0 Å². The maximum atomic E-state index is 4.07. The van der Waals surface area contributed by atoms with Crippen molar-refractivity contribution in [3.63, 3.8) is 0 Å². The molecule has 2 heteroatoms. The molecule has 1 aliphatic rings. The second-order valence-electron chi connectivity index (χ2n) is 4.43. The number of rotatable bonds is 2. The summed E-state index contributed by atoms with van der Waals surface area (Å²) in [6.07, 6.45) is 9.72. The molecule has 1 atom stereocenters. The summed E-state index contributed by atoms with van der Waals surface area (Å²) < 4.78 is 2.19. The van der Waals surface area contributed by atoms with Gasteiger partial charge in [0.2, 0.25) is 0 Å². The van der Waals surface area contributed by atoms with E-state index in [9.17, 15) is 0 Å². The molecular formula is C12H18N2. The van der Waals surface area contributed by atoms with Gasteiger partial charge in [0.1, 0.15) is 0 Å². The van der Waals surface area contributed by atoms with E-state index >= 15 is 0 Å². The van der Waals surface area contributed by atoms with E-state index in [4.69, 9.17) is 0 Å². The van der Waals surface area contributed by atoms with Gasteiger partial charge in [0.05, 0.1) is 6.33 Å². The summed E-state index contributed by atoms with van der Waals surface area (Å²) in [6.45, 7) is 5.67. The molecule has 0 aliphatic heterocycles. The maximum Gasteiger partial charge on any atom is 0.0945 e. The van der Waals surface area contributed by atoms with Gasteiger partial charge in [0.25, 0.3) is 0 Å². The van der Waals surface area contributed by atoms with Crippen molar-refractivity contribution in [1.29, 1.82) is 0 Å². The van der Waals surface area contributed by atoms with E-state index in [0.29, 0.717) is 0 Å². The fourth-order valence-corrected chi connectivity index (χ4v) is 2.19. The standard InChI is InChI=1S/C12H18N2/c1-10-3-4-12(7-11(10)2)8-14-6-5-13-9-14/h5-6,9,12H,3-4,7-8H2,1-2H3/t12-/m0/s1. The Morgan fingerprint density at radius 2 is 2.29 bits per heavy atom. The van der Waals surface area contributed by atoms with Gasteiger partial charge in [-0.3, -0.25) is 0 Å². The Kier molecular flexibility index (Phi) is 2.71. The van der Waals surface area contributed by atoms with Gasteiger partial charge in [-0.1, -0.05) is 11.1 Å². The Morgan fingerprint density at radius 1 is 1.43 bits per heavy atom.